The van der Waals surface area contributed by atoms with Gasteiger partial charge >= 0.3 is 5.97 Å². The van der Waals surface area contributed by atoms with Gasteiger partial charge in [-0.25, -0.2) is 0 Å². The number of carboxylic acids is 1. The Morgan fingerprint density at radius 2 is 2.26 bits per heavy atom. The van der Waals surface area contributed by atoms with Crippen LogP contribution in [0, 0.1) is 0 Å². The van der Waals surface area contributed by atoms with Gasteiger partial charge in [0.1, 0.15) is 11.8 Å². The van der Waals surface area contributed by atoms with Crippen LogP contribution in [0.25, 0.3) is 0 Å². The average Bonchev–Trinajstić information content (AvgIpc) is 2.41. The largest absolute Gasteiger partial charge is 0.494 e. The molecule has 0 aromatic heterocycles. The van der Waals surface area contributed by atoms with Gasteiger partial charge in [0.2, 0.25) is 0 Å². The molecular weight excluding hydrogens is 246 g/mol. The molecule has 1 aromatic carbocycles. The zero-order valence-corrected chi connectivity index (χ0v) is 11.1. The Morgan fingerprint density at radius 1 is 1.47 bits per heavy atom. The van der Waals surface area contributed by atoms with E-state index in [4.69, 9.17) is 9.84 Å². The number of benzene rings is 1. The lowest BCUT2D eigenvalue weighted by molar-refractivity contribution is -0.139. The van der Waals surface area contributed by atoms with Gasteiger partial charge in [0.05, 0.1) is 6.61 Å². The molecule has 0 aliphatic heterocycles. The lowest BCUT2D eigenvalue weighted by Gasteiger charge is -2.15. The molecule has 0 aliphatic carbocycles. The maximum atomic E-state index is 11.3. The monoisotopic (exact) mass is 267 g/mol. The minimum Gasteiger partial charge on any atom is -0.494 e. The van der Waals surface area contributed by atoms with Crippen molar-refractivity contribution >= 4 is 5.97 Å². The SMILES string of the molecule is CCCOc1cccc(C(NCCCO)C(=O)O)c1. The Kier molecular flexibility index (Phi) is 6.92. The molecule has 0 aliphatic rings. The van der Waals surface area contributed by atoms with Crippen LogP contribution in [0.1, 0.15) is 31.4 Å². The number of carbonyl (C=O) groups is 1. The first kappa shape index (κ1) is 15.5. The Hall–Kier alpha value is -1.59. The first-order valence-corrected chi connectivity index (χ1v) is 6.48. The number of ether oxygens (including phenoxy) is 1. The van der Waals surface area contributed by atoms with E-state index in [2.05, 4.69) is 5.32 Å². The minimum absolute atomic E-state index is 0.0407. The van der Waals surface area contributed by atoms with Gasteiger partial charge in [-0.3, -0.25) is 4.79 Å². The average molecular weight is 267 g/mol. The molecule has 19 heavy (non-hydrogen) atoms. The Morgan fingerprint density at radius 3 is 2.89 bits per heavy atom. The molecule has 5 nitrogen and oxygen atoms in total. The summed E-state index contributed by atoms with van der Waals surface area (Å²) in [5, 5.41) is 20.9. The van der Waals surface area contributed by atoms with Crippen molar-refractivity contribution in [3.63, 3.8) is 0 Å². The van der Waals surface area contributed by atoms with Crippen LogP contribution in [0.3, 0.4) is 0 Å². The smallest absolute Gasteiger partial charge is 0.325 e. The van der Waals surface area contributed by atoms with Gasteiger partial charge in [-0.15, -0.1) is 0 Å². The molecule has 0 saturated carbocycles. The summed E-state index contributed by atoms with van der Waals surface area (Å²) >= 11 is 0. The Labute approximate surface area is 113 Å². The number of hydrogen-bond donors (Lipinski definition) is 3. The molecule has 0 heterocycles. The molecule has 1 unspecified atom stereocenters. The molecule has 0 fully saturated rings. The number of rotatable bonds is 9. The third-order valence-electron chi connectivity index (χ3n) is 2.59. The first-order valence-electron chi connectivity index (χ1n) is 6.48. The predicted octanol–water partition coefficient (Wildman–Crippen LogP) is 1.57. The van der Waals surface area contributed by atoms with E-state index in [1.807, 2.05) is 13.0 Å². The summed E-state index contributed by atoms with van der Waals surface area (Å²) in [6.07, 6.45) is 1.43. The van der Waals surface area contributed by atoms with Crippen LogP contribution in [-0.4, -0.2) is 35.9 Å². The number of aliphatic hydroxyl groups excluding tert-OH is 1. The highest BCUT2D eigenvalue weighted by Gasteiger charge is 2.19. The van der Waals surface area contributed by atoms with Crippen LogP contribution in [0.15, 0.2) is 24.3 Å². The maximum Gasteiger partial charge on any atom is 0.325 e. The van der Waals surface area contributed by atoms with Crippen LogP contribution < -0.4 is 10.1 Å². The Bertz CT molecular complexity index is 395. The molecule has 0 radical (unpaired) electrons. The quantitative estimate of drug-likeness (QED) is 0.592. The van der Waals surface area contributed by atoms with Gasteiger partial charge in [0, 0.05) is 6.61 Å². The summed E-state index contributed by atoms with van der Waals surface area (Å²) in [7, 11) is 0. The summed E-state index contributed by atoms with van der Waals surface area (Å²) in [5.74, 6) is -0.264. The molecule has 0 spiro atoms. The van der Waals surface area contributed by atoms with Crippen LogP contribution >= 0.6 is 0 Å². The molecule has 3 N–H and O–H groups in total. The van der Waals surface area contributed by atoms with Gasteiger partial charge in [0.25, 0.3) is 0 Å². The zero-order valence-electron chi connectivity index (χ0n) is 11.1. The molecule has 1 atom stereocenters. The molecule has 5 heteroatoms. The second-order valence-corrected chi connectivity index (χ2v) is 4.22. The normalized spacial score (nSPS) is 12.1. The molecule has 0 amide bonds. The molecule has 1 rings (SSSR count). The van der Waals surface area contributed by atoms with E-state index in [0.717, 1.165) is 6.42 Å². The van der Waals surface area contributed by atoms with Crippen molar-refractivity contribution < 1.29 is 19.7 Å². The molecule has 0 bridgehead atoms. The van der Waals surface area contributed by atoms with E-state index < -0.39 is 12.0 Å². The topological polar surface area (TPSA) is 78.8 Å². The van der Waals surface area contributed by atoms with Crippen molar-refractivity contribution in [2.75, 3.05) is 19.8 Å². The van der Waals surface area contributed by atoms with Crippen LogP contribution in [0.4, 0.5) is 0 Å². The van der Waals surface area contributed by atoms with E-state index >= 15 is 0 Å². The van der Waals surface area contributed by atoms with E-state index in [1.54, 1.807) is 18.2 Å². The number of aliphatic hydroxyl groups is 1. The fourth-order valence-corrected chi connectivity index (χ4v) is 1.68. The van der Waals surface area contributed by atoms with Crippen molar-refractivity contribution in [3.05, 3.63) is 29.8 Å². The van der Waals surface area contributed by atoms with Crippen LogP contribution in [-0.2, 0) is 4.79 Å². The number of nitrogens with one attached hydrogen (secondary N) is 1. The molecule has 1 aromatic rings. The predicted molar refractivity (Wildman–Crippen MR) is 72.3 cm³/mol. The minimum atomic E-state index is -0.939. The highest BCUT2D eigenvalue weighted by Crippen LogP contribution is 2.20. The van der Waals surface area contributed by atoms with Crippen molar-refractivity contribution in [1.29, 1.82) is 0 Å². The van der Waals surface area contributed by atoms with E-state index in [-0.39, 0.29) is 6.61 Å². The molecule has 0 saturated heterocycles. The standard InChI is InChI=1S/C14H21NO4/c1-2-9-19-12-6-3-5-11(10-12)13(14(17)18)15-7-4-8-16/h3,5-6,10,13,15-16H,2,4,7-9H2,1H3,(H,17,18). The maximum absolute atomic E-state index is 11.3. The third kappa shape index (κ3) is 5.28. The summed E-state index contributed by atoms with van der Waals surface area (Å²) in [5.41, 5.74) is 0.652. The van der Waals surface area contributed by atoms with Crippen molar-refractivity contribution in [2.45, 2.75) is 25.8 Å². The summed E-state index contributed by atoms with van der Waals surface area (Å²) in [4.78, 5) is 11.3. The van der Waals surface area contributed by atoms with Gasteiger partial charge in [-0.2, -0.15) is 0 Å². The lowest BCUT2D eigenvalue weighted by atomic mass is 10.1. The molecular formula is C14H21NO4. The van der Waals surface area contributed by atoms with E-state index in [0.29, 0.717) is 30.9 Å². The van der Waals surface area contributed by atoms with Gasteiger partial charge in [0.15, 0.2) is 0 Å². The number of aliphatic carboxylic acids is 1. The highest BCUT2D eigenvalue weighted by molar-refractivity contribution is 5.75. The fraction of sp³-hybridized carbons (Fsp3) is 0.500. The van der Waals surface area contributed by atoms with Crippen molar-refractivity contribution in [2.24, 2.45) is 0 Å². The van der Waals surface area contributed by atoms with E-state index in [1.165, 1.54) is 0 Å². The summed E-state index contributed by atoms with van der Waals surface area (Å²) in [6.45, 7) is 3.12. The third-order valence-corrected chi connectivity index (χ3v) is 2.59. The number of hydrogen-bond acceptors (Lipinski definition) is 4. The fourth-order valence-electron chi connectivity index (χ4n) is 1.68. The number of carboxylic acid groups (broad SMARTS) is 1. The van der Waals surface area contributed by atoms with Crippen LogP contribution in [0.5, 0.6) is 5.75 Å². The highest BCUT2D eigenvalue weighted by atomic mass is 16.5. The lowest BCUT2D eigenvalue weighted by Crippen LogP contribution is -2.29. The van der Waals surface area contributed by atoms with Crippen molar-refractivity contribution in [1.82, 2.24) is 5.32 Å². The van der Waals surface area contributed by atoms with Gasteiger partial charge < -0.3 is 20.3 Å². The second-order valence-electron chi connectivity index (χ2n) is 4.22. The van der Waals surface area contributed by atoms with Crippen LogP contribution in [0.2, 0.25) is 0 Å². The first-order chi connectivity index (χ1) is 9.19. The zero-order chi connectivity index (χ0) is 14.1. The summed E-state index contributed by atoms with van der Waals surface area (Å²) < 4.78 is 5.49. The van der Waals surface area contributed by atoms with Crippen molar-refractivity contribution in [3.8, 4) is 5.75 Å². The van der Waals surface area contributed by atoms with Gasteiger partial charge in [-0.05, 0) is 37.1 Å². The van der Waals surface area contributed by atoms with E-state index in [9.17, 15) is 9.90 Å². The second kappa shape index (κ2) is 8.50. The van der Waals surface area contributed by atoms with Gasteiger partial charge in [-0.1, -0.05) is 19.1 Å². The Balaban J connectivity index is 2.74. The summed E-state index contributed by atoms with van der Waals surface area (Å²) in [6, 6.07) is 6.30. The molecule has 106 valence electrons.